The number of esters is 1. The fourth-order valence-electron chi connectivity index (χ4n) is 9.51. The summed E-state index contributed by atoms with van der Waals surface area (Å²) >= 11 is 0. The largest absolute Gasteiger partial charge is 0.462 e. The molecular weight excluding hydrogens is 838 g/mol. The van der Waals surface area contributed by atoms with Crippen molar-refractivity contribution in [2.75, 3.05) is 34.9 Å². The molecule has 3 saturated heterocycles. The lowest BCUT2D eigenvalue weighted by Crippen LogP contribution is -2.65. The van der Waals surface area contributed by atoms with E-state index in [1.807, 2.05) is 19.9 Å². The number of aliphatic hydroxyl groups is 5. The number of aldehydes is 1. The van der Waals surface area contributed by atoms with E-state index in [1.165, 1.54) is 27.2 Å². The van der Waals surface area contributed by atoms with Crippen LogP contribution in [0.5, 0.6) is 0 Å². The molecule has 0 bridgehead atoms. The number of allylic oxidation sites excluding steroid dienone is 3. The molecule has 0 amide bonds. The number of ketones is 1. The standard InChI is InChI=1S/C46H77NO17/c1-13-33-30(22-58-45-42(57-12)41(56-11)37(52)26(5)60-45)18-23(2)14-15-31(49)24(3)19-29(16-17-48)39(25(4)32(50)20-34(51)62-33)64-44-38(53)36(47(9)10)40(27(6)61-44)63-35-21-46(8,55)43(54)28(7)59-35/h14-15,17-18,24-30,32-33,35-45,50,52-55H,13,16,19-22H2,1-12H3/t24-,25?,26-,27-,28+,29+,30?,32-,33-,35+,36-,37-,38-,39-,40-,41-,42-,43+,44+,45?,46-/m1/s1. The predicted molar refractivity (Wildman–Crippen MR) is 230 cm³/mol. The maximum Gasteiger partial charge on any atom is 0.308 e. The highest BCUT2D eigenvalue weighted by molar-refractivity contribution is 5.91. The van der Waals surface area contributed by atoms with Gasteiger partial charge in [-0.05, 0) is 73.5 Å². The molecule has 0 spiro atoms. The summed E-state index contributed by atoms with van der Waals surface area (Å²) in [6.45, 7) is 13.6. The van der Waals surface area contributed by atoms with Crippen molar-refractivity contribution in [2.24, 2.45) is 23.7 Å². The summed E-state index contributed by atoms with van der Waals surface area (Å²) in [5, 5.41) is 55.8. The summed E-state index contributed by atoms with van der Waals surface area (Å²) in [4.78, 5) is 41.5. The number of methoxy groups -OCH3 is 2. The first-order valence-corrected chi connectivity index (χ1v) is 22.7. The van der Waals surface area contributed by atoms with Gasteiger partial charge in [-0.1, -0.05) is 38.5 Å². The third-order valence-corrected chi connectivity index (χ3v) is 13.4. The summed E-state index contributed by atoms with van der Waals surface area (Å²) in [7, 11) is 6.43. The minimum absolute atomic E-state index is 0.00788. The van der Waals surface area contributed by atoms with E-state index in [-0.39, 0.29) is 31.7 Å². The molecule has 64 heavy (non-hydrogen) atoms. The lowest BCUT2D eigenvalue weighted by Gasteiger charge is -2.50. The number of likely N-dealkylation sites (N-methyl/N-ethyl adjacent to an activating group) is 1. The lowest BCUT2D eigenvalue weighted by molar-refractivity contribution is -0.341. The smallest absolute Gasteiger partial charge is 0.308 e. The van der Waals surface area contributed by atoms with Gasteiger partial charge in [-0.3, -0.25) is 9.59 Å². The normalized spacial score (nSPS) is 44.6. The molecule has 21 atom stereocenters. The maximum atomic E-state index is 13.8. The van der Waals surface area contributed by atoms with Crippen molar-refractivity contribution in [1.29, 1.82) is 0 Å². The minimum Gasteiger partial charge on any atom is -0.462 e. The van der Waals surface area contributed by atoms with Gasteiger partial charge in [0.1, 0.15) is 49.0 Å². The van der Waals surface area contributed by atoms with Gasteiger partial charge in [-0.2, -0.15) is 0 Å². The molecule has 3 fully saturated rings. The molecular formula is C46H77NO17. The van der Waals surface area contributed by atoms with Crippen LogP contribution < -0.4 is 0 Å². The van der Waals surface area contributed by atoms with Crippen molar-refractivity contribution in [3.8, 4) is 0 Å². The van der Waals surface area contributed by atoms with Gasteiger partial charge >= 0.3 is 5.97 Å². The molecule has 5 N–H and O–H groups in total. The van der Waals surface area contributed by atoms with E-state index in [4.69, 9.17) is 42.6 Å². The monoisotopic (exact) mass is 916 g/mol. The topological polar surface area (TPSA) is 239 Å². The van der Waals surface area contributed by atoms with Crippen LogP contribution in [0.25, 0.3) is 0 Å². The Morgan fingerprint density at radius 3 is 2.11 bits per heavy atom. The second kappa shape index (κ2) is 24.1. The van der Waals surface area contributed by atoms with Gasteiger partial charge in [-0.25, -0.2) is 0 Å². The number of carbonyl (C=O) groups is 3. The third kappa shape index (κ3) is 13.5. The molecule has 4 aliphatic heterocycles. The number of carbonyl (C=O) groups excluding carboxylic acids is 3. The van der Waals surface area contributed by atoms with E-state index in [2.05, 4.69) is 0 Å². The zero-order valence-corrected chi connectivity index (χ0v) is 39.7. The van der Waals surface area contributed by atoms with Crippen LogP contribution in [-0.4, -0.2) is 187 Å². The molecule has 0 aliphatic carbocycles. The summed E-state index contributed by atoms with van der Waals surface area (Å²) in [5.74, 6) is -3.59. The van der Waals surface area contributed by atoms with E-state index in [9.17, 15) is 39.9 Å². The van der Waals surface area contributed by atoms with E-state index in [0.717, 1.165) is 6.29 Å². The van der Waals surface area contributed by atoms with Crippen LogP contribution >= 0.6 is 0 Å². The number of cyclic esters (lactones) is 1. The zero-order valence-electron chi connectivity index (χ0n) is 39.7. The van der Waals surface area contributed by atoms with Gasteiger partial charge < -0.3 is 77.9 Å². The number of aliphatic hydroxyl groups excluding tert-OH is 4. The SMILES string of the molecule is CC[C@H]1OC(=O)C[C@@H](O)C(C)[C@@H](O[C@@H]2O[C@H](C)[C@@H](O[C@H]3C[C@@](C)(O)[C@@H](O)[C@H](C)O3)[C@H](N(C)C)[C@H]2O)[C@@H](CC=O)C[C@@H](C)C(=O)C=CC(C)=CC1COC1O[C@H](C)[C@@H](O)[C@@H](OC)[C@H]1OC. The molecule has 0 saturated carbocycles. The molecule has 0 aromatic heterocycles. The zero-order chi connectivity index (χ0) is 47.8. The highest BCUT2D eigenvalue weighted by Crippen LogP contribution is 2.37. The predicted octanol–water partition coefficient (Wildman–Crippen LogP) is 1.83. The van der Waals surface area contributed by atoms with Crippen molar-refractivity contribution < 1.29 is 82.5 Å². The van der Waals surface area contributed by atoms with E-state index < -0.39 is 140 Å². The number of rotatable bonds is 13. The van der Waals surface area contributed by atoms with Crippen LogP contribution in [0.1, 0.15) is 87.5 Å². The molecule has 4 rings (SSSR count). The molecule has 18 nitrogen and oxygen atoms in total. The van der Waals surface area contributed by atoms with Gasteiger partial charge in [0.05, 0.1) is 55.2 Å². The number of hydrogen-bond donors (Lipinski definition) is 5. The molecule has 4 heterocycles. The van der Waals surface area contributed by atoms with Gasteiger partial charge in [0.15, 0.2) is 24.7 Å². The first kappa shape index (κ1) is 54.3. The molecule has 0 aromatic carbocycles. The molecule has 4 aliphatic rings. The molecule has 0 radical (unpaired) electrons. The van der Waals surface area contributed by atoms with Crippen molar-refractivity contribution in [3.63, 3.8) is 0 Å². The molecule has 18 heteroatoms. The Labute approximate surface area is 378 Å². The Kier molecular flexibility index (Phi) is 20.5. The van der Waals surface area contributed by atoms with Crippen molar-refractivity contribution in [3.05, 3.63) is 23.8 Å². The summed E-state index contributed by atoms with van der Waals surface area (Å²) in [6, 6.07) is -0.748. The Bertz CT molecular complexity index is 1560. The van der Waals surface area contributed by atoms with Gasteiger partial charge in [0, 0.05) is 44.8 Å². The van der Waals surface area contributed by atoms with Crippen LogP contribution in [0.3, 0.4) is 0 Å². The van der Waals surface area contributed by atoms with Gasteiger partial charge in [0.25, 0.3) is 0 Å². The first-order valence-electron chi connectivity index (χ1n) is 22.7. The van der Waals surface area contributed by atoms with Crippen LogP contribution in [0.4, 0.5) is 0 Å². The van der Waals surface area contributed by atoms with Crippen molar-refractivity contribution >= 4 is 18.0 Å². The number of ether oxygens (including phenoxy) is 9. The molecule has 368 valence electrons. The average Bonchev–Trinajstić information content (AvgIpc) is 3.23. The molecule has 0 aromatic rings. The summed E-state index contributed by atoms with van der Waals surface area (Å²) in [5.41, 5.74) is -0.806. The molecule has 3 unspecified atom stereocenters. The van der Waals surface area contributed by atoms with Crippen molar-refractivity contribution in [2.45, 2.75) is 191 Å². The van der Waals surface area contributed by atoms with E-state index >= 15 is 0 Å². The van der Waals surface area contributed by atoms with E-state index in [1.54, 1.807) is 59.7 Å². The quantitative estimate of drug-likeness (QED) is 0.131. The summed E-state index contributed by atoms with van der Waals surface area (Å²) in [6.07, 6.45) is -8.49. The van der Waals surface area contributed by atoms with Crippen LogP contribution in [0, 0.1) is 23.7 Å². The highest BCUT2D eigenvalue weighted by Gasteiger charge is 2.52. The van der Waals surface area contributed by atoms with Crippen LogP contribution in [0.15, 0.2) is 23.8 Å². The second-order valence-corrected chi connectivity index (χ2v) is 18.7. The van der Waals surface area contributed by atoms with Crippen molar-refractivity contribution in [1.82, 2.24) is 4.90 Å². The van der Waals surface area contributed by atoms with E-state index in [0.29, 0.717) is 12.0 Å². The minimum atomic E-state index is -1.49. The Morgan fingerprint density at radius 1 is 0.859 bits per heavy atom. The van der Waals surface area contributed by atoms with Gasteiger partial charge in [-0.15, -0.1) is 0 Å². The van der Waals surface area contributed by atoms with Crippen LogP contribution in [0.2, 0.25) is 0 Å². The lowest BCUT2D eigenvalue weighted by atomic mass is 9.79. The number of hydrogen-bond acceptors (Lipinski definition) is 18. The fraction of sp³-hybridized carbons (Fsp3) is 0.848. The summed E-state index contributed by atoms with van der Waals surface area (Å²) < 4.78 is 54.7. The Morgan fingerprint density at radius 2 is 1.52 bits per heavy atom. The third-order valence-electron chi connectivity index (χ3n) is 13.4. The average molecular weight is 916 g/mol. The maximum absolute atomic E-state index is 13.8. The first-order chi connectivity index (χ1) is 30.1. The highest BCUT2D eigenvalue weighted by atomic mass is 16.7. The fourth-order valence-corrected chi connectivity index (χ4v) is 9.51. The van der Waals surface area contributed by atoms with Gasteiger partial charge in [0.2, 0.25) is 0 Å². The second-order valence-electron chi connectivity index (χ2n) is 18.7. The number of nitrogens with zero attached hydrogens (tertiary/aromatic N) is 1. The Hall–Kier alpha value is -2.27. The Balaban J connectivity index is 1.62. The van der Waals surface area contributed by atoms with Crippen LogP contribution in [-0.2, 0) is 57.0 Å².